The Hall–Kier alpha value is -0.890. The van der Waals surface area contributed by atoms with Crippen LogP contribution in [-0.2, 0) is 9.53 Å². The fourth-order valence-electron chi connectivity index (χ4n) is 2.91. The van der Waals surface area contributed by atoms with Crippen molar-refractivity contribution in [3.8, 4) is 0 Å². The zero-order valence-electron chi connectivity index (χ0n) is 10.9. The fourth-order valence-corrected chi connectivity index (χ4v) is 2.91. The third-order valence-corrected chi connectivity index (χ3v) is 4.21. The molecule has 0 aromatic carbocycles. The summed E-state index contributed by atoms with van der Waals surface area (Å²) in [6.45, 7) is 9.74. The zero-order valence-corrected chi connectivity index (χ0v) is 10.9. The molecule has 2 heteroatoms. The number of allylic oxidation sites excluding steroid dienone is 3. The van der Waals surface area contributed by atoms with Gasteiger partial charge in [-0.1, -0.05) is 17.7 Å². The number of carbonyl (C=O) groups is 1. The molecular weight excluding hydrogens is 212 g/mol. The first-order valence-electron chi connectivity index (χ1n) is 6.55. The van der Waals surface area contributed by atoms with E-state index < -0.39 is 0 Å². The summed E-state index contributed by atoms with van der Waals surface area (Å²) in [5.74, 6) is 1.25. The van der Waals surface area contributed by atoms with Gasteiger partial charge in [0.1, 0.15) is 0 Å². The highest BCUT2D eigenvalue weighted by molar-refractivity contribution is 5.96. The summed E-state index contributed by atoms with van der Waals surface area (Å²) in [4.78, 5) is 12.0. The lowest BCUT2D eigenvalue weighted by Crippen LogP contribution is -2.26. The van der Waals surface area contributed by atoms with Crippen LogP contribution >= 0.6 is 0 Å². The molecule has 1 fully saturated rings. The number of hydrogen-bond acceptors (Lipinski definition) is 2. The lowest BCUT2D eigenvalue weighted by Gasteiger charge is -2.32. The van der Waals surface area contributed by atoms with Crippen LogP contribution in [0, 0.1) is 11.8 Å². The quantitative estimate of drug-likeness (QED) is 0.685. The maximum atomic E-state index is 12.0. The SMILES string of the molecule is C=C(C)C1CC(=O)C(C)=C(C2CCOCC2)C1. The molecule has 2 rings (SSSR count). The van der Waals surface area contributed by atoms with Crippen LogP contribution in [-0.4, -0.2) is 19.0 Å². The Kier molecular flexibility index (Phi) is 3.82. The predicted molar refractivity (Wildman–Crippen MR) is 68.8 cm³/mol. The van der Waals surface area contributed by atoms with Crippen LogP contribution < -0.4 is 0 Å². The highest BCUT2D eigenvalue weighted by Crippen LogP contribution is 2.38. The Morgan fingerprint density at radius 2 is 1.94 bits per heavy atom. The van der Waals surface area contributed by atoms with E-state index in [1.165, 1.54) is 5.57 Å². The van der Waals surface area contributed by atoms with Gasteiger partial charge in [-0.15, -0.1) is 0 Å². The fraction of sp³-hybridized carbons (Fsp3) is 0.667. The Morgan fingerprint density at radius 3 is 2.53 bits per heavy atom. The first kappa shape index (κ1) is 12.6. The first-order valence-corrected chi connectivity index (χ1v) is 6.55. The first-order chi connectivity index (χ1) is 8.09. The van der Waals surface area contributed by atoms with Crippen LogP contribution in [0.15, 0.2) is 23.3 Å². The van der Waals surface area contributed by atoms with Gasteiger partial charge in [-0.25, -0.2) is 0 Å². The van der Waals surface area contributed by atoms with E-state index in [9.17, 15) is 4.79 Å². The molecule has 1 saturated heterocycles. The molecule has 1 aliphatic heterocycles. The van der Waals surface area contributed by atoms with Crippen LogP contribution in [0.3, 0.4) is 0 Å². The van der Waals surface area contributed by atoms with Crippen LogP contribution in [0.5, 0.6) is 0 Å². The Labute approximate surface area is 104 Å². The van der Waals surface area contributed by atoms with Crippen LogP contribution in [0.2, 0.25) is 0 Å². The van der Waals surface area contributed by atoms with Gasteiger partial charge in [-0.2, -0.15) is 0 Å². The van der Waals surface area contributed by atoms with Crippen molar-refractivity contribution in [2.24, 2.45) is 11.8 Å². The van der Waals surface area contributed by atoms with Crippen molar-refractivity contribution in [1.29, 1.82) is 0 Å². The molecular formula is C15H22O2. The number of rotatable bonds is 2. The van der Waals surface area contributed by atoms with Gasteiger partial charge in [0.2, 0.25) is 0 Å². The third-order valence-electron chi connectivity index (χ3n) is 4.21. The predicted octanol–water partition coefficient (Wildman–Crippen LogP) is 3.28. The zero-order chi connectivity index (χ0) is 12.4. The van der Waals surface area contributed by atoms with Gasteiger partial charge in [-0.3, -0.25) is 4.79 Å². The van der Waals surface area contributed by atoms with E-state index >= 15 is 0 Å². The van der Waals surface area contributed by atoms with Crippen molar-refractivity contribution < 1.29 is 9.53 Å². The average molecular weight is 234 g/mol. The van der Waals surface area contributed by atoms with Gasteiger partial charge in [0.05, 0.1) is 0 Å². The summed E-state index contributed by atoms with van der Waals surface area (Å²) in [6.07, 6.45) is 3.84. The van der Waals surface area contributed by atoms with Crippen molar-refractivity contribution in [2.75, 3.05) is 13.2 Å². The van der Waals surface area contributed by atoms with E-state index in [4.69, 9.17) is 4.74 Å². The minimum Gasteiger partial charge on any atom is -0.381 e. The summed E-state index contributed by atoms with van der Waals surface area (Å²) >= 11 is 0. The molecule has 94 valence electrons. The van der Waals surface area contributed by atoms with Crippen molar-refractivity contribution in [3.05, 3.63) is 23.3 Å². The summed E-state index contributed by atoms with van der Waals surface area (Å²) in [5, 5.41) is 0. The number of hydrogen-bond donors (Lipinski definition) is 0. The minimum atomic E-state index is 0.325. The van der Waals surface area contributed by atoms with E-state index in [-0.39, 0.29) is 0 Å². The van der Waals surface area contributed by atoms with Gasteiger partial charge in [0.15, 0.2) is 5.78 Å². The summed E-state index contributed by atoms with van der Waals surface area (Å²) in [7, 11) is 0. The standard InChI is InChI=1S/C15H22O2/c1-10(2)13-8-14(11(3)15(16)9-13)12-4-6-17-7-5-12/h12-13H,1,4-9H2,2-3H3. The van der Waals surface area contributed by atoms with E-state index in [1.807, 2.05) is 13.8 Å². The molecule has 0 aromatic heterocycles. The normalized spacial score (nSPS) is 27.4. The molecule has 0 aromatic rings. The Morgan fingerprint density at radius 1 is 1.29 bits per heavy atom. The second-order valence-corrected chi connectivity index (χ2v) is 5.41. The van der Waals surface area contributed by atoms with Gasteiger partial charge in [-0.05, 0) is 50.5 Å². The van der Waals surface area contributed by atoms with Gasteiger partial charge in [0.25, 0.3) is 0 Å². The largest absolute Gasteiger partial charge is 0.381 e. The van der Waals surface area contributed by atoms with Gasteiger partial charge >= 0.3 is 0 Å². The van der Waals surface area contributed by atoms with Crippen LogP contribution in [0.4, 0.5) is 0 Å². The second kappa shape index (κ2) is 5.18. The maximum absolute atomic E-state index is 12.0. The Balaban J connectivity index is 2.19. The van der Waals surface area contributed by atoms with Crippen molar-refractivity contribution in [1.82, 2.24) is 0 Å². The molecule has 0 N–H and O–H groups in total. The minimum absolute atomic E-state index is 0.325. The molecule has 0 spiro atoms. The van der Waals surface area contributed by atoms with Crippen molar-refractivity contribution in [2.45, 2.75) is 39.5 Å². The van der Waals surface area contributed by atoms with E-state index in [0.717, 1.165) is 43.6 Å². The van der Waals surface area contributed by atoms with Crippen molar-refractivity contribution >= 4 is 5.78 Å². The average Bonchev–Trinajstić information content (AvgIpc) is 2.33. The van der Waals surface area contributed by atoms with Gasteiger partial charge in [0, 0.05) is 19.6 Å². The molecule has 0 amide bonds. The molecule has 0 bridgehead atoms. The number of carbonyl (C=O) groups excluding carboxylic acids is 1. The molecule has 0 radical (unpaired) electrons. The lowest BCUT2D eigenvalue weighted by atomic mass is 9.74. The highest BCUT2D eigenvalue weighted by Gasteiger charge is 2.30. The molecule has 17 heavy (non-hydrogen) atoms. The molecule has 0 saturated carbocycles. The number of ether oxygens (including phenoxy) is 1. The maximum Gasteiger partial charge on any atom is 0.159 e. The molecule has 1 aliphatic carbocycles. The molecule has 2 nitrogen and oxygen atoms in total. The number of Topliss-reactive ketones (excluding diaryl/α,β-unsaturated/α-hetero) is 1. The van der Waals surface area contributed by atoms with E-state index in [1.54, 1.807) is 0 Å². The monoisotopic (exact) mass is 234 g/mol. The summed E-state index contributed by atoms with van der Waals surface area (Å²) in [6, 6.07) is 0. The summed E-state index contributed by atoms with van der Waals surface area (Å²) in [5.41, 5.74) is 3.56. The summed E-state index contributed by atoms with van der Waals surface area (Å²) < 4.78 is 5.40. The van der Waals surface area contributed by atoms with E-state index in [0.29, 0.717) is 24.0 Å². The molecule has 1 heterocycles. The lowest BCUT2D eigenvalue weighted by molar-refractivity contribution is -0.116. The number of ketones is 1. The molecule has 1 atom stereocenters. The molecule has 2 aliphatic rings. The van der Waals surface area contributed by atoms with Crippen molar-refractivity contribution in [3.63, 3.8) is 0 Å². The third kappa shape index (κ3) is 2.68. The van der Waals surface area contributed by atoms with Crippen LogP contribution in [0.1, 0.15) is 39.5 Å². The van der Waals surface area contributed by atoms with Gasteiger partial charge < -0.3 is 4.74 Å². The van der Waals surface area contributed by atoms with Crippen LogP contribution in [0.25, 0.3) is 0 Å². The second-order valence-electron chi connectivity index (χ2n) is 5.41. The topological polar surface area (TPSA) is 26.3 Å². The highest BCUT2D eigenvalue weighted by atomic mass is 16.5. The van der Waals surface area contributed by atoms with E-state index in [2.05, 4.69) is 6.58 Å². The molecule has 1 unspecified atom stereocenters. The Bertz CT molecular complexity index is 359. The smallest absolute Gasteiger partial charge is 0.159 e.